The summed E-state index contributed by atoms with van der Waals surface area (Å²) in [5.41, 5.74) is 0. The molecule has 2 aliphatic rings. The van der Waals surface area contributed by atoms with E-state index in [0.717, 1.165) is 0 Å². The number of aliphatic hydroxyl groups is 1. The highest BCUT2D eigenvalue weighted by Crippen LogP contribution is 2.35. The number of carbonyl (C=O) groups is 1. The van der Waals surface area contributed by atoms with Crippen molar-refractivity contribution >= 4 is 5.91 Å². The lowest BCUT2D eigenvalue weighted by molar-refractivity contribution is -0.124. The largest absolute Gasteiger partial charge is 0.388 e. The molecule has 0 saturated carbocycles. The van der Waals surface area contributed by atoms with E-state index in [-0.39, 0.29) is 30.3 Å². The maximum Gasteiger partial charge on any atom is 0.222 e. The highest BCUT2D eigenvalue weighted by Gasteiger charge is 2.50. The van der Waals surface area contributed by atoms with Crippen molar-refractivity contribution in [2.24, 2.45) is 0 Å². The van der Waals surface area contributed by atoms with Gasteiger partial charge in [0, 0.05) is 32.7 Å². The molecular weight excluding hydrogens is 288 g/mol. The SMILES string of the molecule is COCCNC(=O)C[C@@H]1C[C@H]2O[C@H](CNC(C)C)[C@@H](O)[C@H]2O1. The molecule has 0 aromatic carbocycles. The summed E-state index contributed by atoms with van der Waals surface area (Å²) >= 11 is 0. The van der Waals surface area contributed by atoms with Crippen LogP contribution in [0.4, 0.5) is 0 Å². The fourth-order valence-corrected chi connectivity index (χ4v) is 2.93. The predicted molar refractivity (Wildman–Crippen MR) is 80.6 cm³/mol. The van der Waals surface area contributed by atoms with Crippen LogP contribution >= 0.6 is 0 Å². The standard InChI is InChI=1S/C15H28N2O5/c1-9(2)17-8-12-14(19)15-11(22-12)6-10(21-15)7-13(18)16-4-5-20-3/h9-12,14-15,17,19H,4-8H2,1-3H3,(H,16,18)/t10-,11+,12+,14+,15-/m0/s1. The van der Waals surface area contributed by atoms with Crippen molar-refractivity contribution in [3.8, 4) is 0 Å². The van der Waals surface area contributed by atoms with E-state index in [1.54, 1.807) is 7.11 Å². The Morgan fingerprint density at radius 2 is 2.18 bits per heavy atom. The van der Waals surface area contributed by atoms with Gasteiger partial charge < -0.3 is 30.0 Å². The van der Waals surface area contributed by atoms with Crippen LogP contribution in [0.15, 0.2) is 0 Å². The minimum absolute atomic E-state index is 0.0606. The first-order chi connectivity index (χ1) is 10.5. The van der Waals surface area contributed by atoms with E-state index < -0.39 is 6.10 Å². The van der Waals surface area contributed by atoms with Crippen molar-refractivity contribution in [2.45, 2.75) is 63.3 Å². The Bertz CT molecular complexity index is 366. The Labute approximate surface area is 131 Å². The van der Waals surface area contributed by atoms with Gasteiger partial charge >= 0.3 is 0 Å². The normalized spacial score (nSPS) is 34.1. The third-order valence-corrected chi connectivity index (χ3v) is 4.05. The lowest BCUT2D eigenvalue weighted by Gasteiger charge is -2.21. The molecule has 0 radical (unpaired) electrons. The number of nitrogens with one attached hydrogen (secondary N) is 2. The maximum atomic E-state index is 11.8. The summed E-state index contributed by atoms with van der Waals surface area (Å²) in [6, 6.07) is 0.348. The van der Waals surface area contributed by atoms with Gasteiger partial charge in [-0.25, -0.2) is 0 Å². The van der Waals surface area contributed by atoms with Gasteiger partial charge in [0.1, 0.15) is 12.2 Å². The smallest absolute Gasteiger partial charge is 0.222 e. The van der Waals surface area contributed by atoms with Crippen molar-refractivity contribution in [1.82, 2.24) is 10.6 Å². The van der Waals surface area contributed by atoms with Crippen LogP contribution < -0.4 is 10.6 Å². The molecular formula is C15H28N2O5. The number of fused-ring (bicyclic) bond motifs is 1. The molecule has 5 atom stereocenters. The van der Waals surface area contributed by atoms with Gasteiger partial charge in [-0.15, -0.1) is 0 Å². The van der Waals surface area contributed by atoms with Crippen LogP contribution in [0.1, 0.15) is 26.7 Å². The monoisotopic (exact) mass is 316 g/mol. The third kappa shape index (κ3) is 4.63. The molecule has 0 aromatic heterocycles. The molecule has 2 saturated heterocycles. The first-order valence-electron chi connectivity index (χ1n) is 7.99. The van der Waals surface area contributed by atoms with Crippen molar-refractivity contribution in [1.29, 1.82) is 0 Å². The minimum atomic E-state index is -0.641. The van der Waals surface area contributed by atoms with Gasteiger partial charge in [0.25, 0.3) is 0 Å². The van der Waals surface area contributed by atoms with Crippen LogP contribution in [-0.2, 0) is 19.0 Å². The van der Waals surface area contributed by atoms with Gasteiger partial charge in [-0.1, -0.05) is 13.8 Å². The zero-order chi connectivity index (χ0) is 16.1. The second-order valence-corrected chi connectivity index (χ2v) is 6.27. The van der Waals surface area contributed by atoms with E-state index in [4.69, 9.17) is 14.2 Å². The first kappa shape index (κ1) is 17.6. The average molecular weight is 316 g/mol. The molecule has 0 bridgehead atoms. The van der Waals surface area contributed by atoms with Crippen molar-refractivity contribution < 1.29 is 24.1 Å². The molecule has 0 unspecified atom stereocenters. The number of amides is 1. The number of methoxy groups -OCH3 is 1. The summed E-state index contributed by atoms with van der Waals surface area (Å²) in [6.45, 7) is 5.71. The Hall–Kier alpha value is -0.730. The molecule has 0 aromatic rings. The molecule has 2 heterocycles. The topological polar surface area (TPSA) is 89.1 Å². The second kappa shape index (κ2) is 8.21. The highest BCUT2D eigenvalue weighted by atomic mass is 16.6. The van der Waals surface area contributed by atoms with Crippen molar-refractivity contribution in [3.05, 3.63) is 0 Å². The summed E-state index contributed by atoms with van der Waals surface area (Å²) < 4.78 is 16.6. The second-order valence-electron chi connectivity index (χ2n) is 6.27. The van der Waals surface area contributed by atoms with Gasteiger partial charge in [0.2, 0.25) is 5.91 Å². The van der Waals surface area contributed by atoms with Crippen molar-refractivity contribution in [2.75, 3.05) is 26.8 Å². The predicted octanol–water partition coefficient (Wildman–Crippen LogP) is -0.577. The summed E-state index contributed by atoms with van der Waals surface area (Å²) in [5.74, 6) is -0.0606. The third-order valence-electron chi connectivity index (χ3n) is 4.05. The van der Waals surface area contributed by atoms with E-state index in [1.807, 2.05) is 0 Å². The van der Waals surface area contributed by atoms with E-state index in [9.17, 15) is 9.90 Å². The molecule has 22 heavy (non-hydrogen) atoms. The van der Waals surface area contributed by atoms with Gasteiger partial charge in [0.05, 0.1) is 31.3 Å². The molecule has 7 heteroatoms. The van der Waals surface area contributed by atoms with Gasteiger partial charge in [-0.3, -0.25) is 4.79 Å². The highest BCUT2D eigenvalue weighted by molar-refractivity contribution is 5.76. The number of hydrogen-bond donors (Lipinski definition) is 3. The molecule has 7 nitrogen and oxygen atoms in total. The molecule has 0 spiro atoms. The molecule has 3 N–H and O–H groups in total. The minimum Gasteiger partial charge on any atom is -0.388 e. The summed E-state index contributed by atoms with van der Waals surface area (Å²) in [6.07, 6.45) is -0.571. The molecule has 2 fully saturated rings. The van der Waals surface area contributed by atoms with Crippen LogP contribution in [-0.4, -0.2) is 74.4 Å². The Morgan fingerprint density at radius 3 is 2.82 bits per heavy atom. The fraction of sp³-hybridized carbons (Fsp3) is 0.933. The van der Waals surface area contributed by atoms with E-state index in [0.29, 0.717) is 38.6 Å². The average Bonchev–Trinajstić information content (AvgIpc) is 2.96. The maximum absolute atomic E-state index is 11.8. The quantitative estimate of drug-likeness (QED) is 0.519. The first-order valence-corrected chi connectivity index (χ1v) is 7.99. The van der Waals surface area contributed by atoms with Gasteiger partial charge in [-0.2, -0.15) is 0 Å². The number of hydrogen-bond acceptors (Lipinski definition) is 6. The molecule has 1 amide bonds. The van der Waals surface area contributed by atoms with E-state index in [1.165, 1.54) is 0 Å². The Kier molecular flexibility index (Phi) is 6.58. The van der Waals surface area contributed by atoms with Crippen LogP contribution in [0.3, 0.4) is 0 Å². The molecule has 2 aliphatic heterocycles. The fourth-order valence-electron chi connectivity index (χ4n) is 2.93. The summed E-state index contributed by atoms with van der Waals surface area (Å²) in [7, 11) is 1.59. The summed E-state index contributed by atoms with van der Waals surface area (Å²) in [5, 5.41) is 16.3. The van der Waals surface area contributed by atoms with E-state index in [2.05, 4.69) is 24.5 Å². The van der Waals surface area contributed by atoms with Gasteiger partial charge in [0.15, 0.2) is 0 Å². The zero-order valence-corrected chi connectivity index (χ0v) is 13.6. The number of rotatable bonds is 8. The number of carbonyl (C=O) groups excluding carboxylic acids is 1. The van der Waals surface area contributed by atoms with Crippen LogP contribution in [0.5, 0.6) is 0 Å². The number of aliphatic hydroxyl groups excluding tert-OH is 1. The van der Waals surface area contributed by atoms with Crippen LogP contribution in [0.25, 0.3) is 0 Å². The molecule has 0 aliphatic carbocycles. The van der Waals surface area contributed by atoms with Crippen molar-refractivity contribution in [3.63, 3.8) is 0 Å². The molecule has 2 rings (SSSR count). The van der Waals surface area contributed by atoms with Crippen LogP contribution in [0, 0.1) is 0 Å². The Balaban J connectivity index is 1.72. The van der Waals surface area contributed by atoms with Gasteiger partial charge in [-0.05, 0) is 0 Å². The lowest BCUT2D eigenvalue weighted by Crippen LogP contribution is -2.41. The zero-order valence-electron chi connectivity index (χ0n) is 13.6. The summed E-state index contributed by atoms with van der Waals surface area (Å²) in [4.78, 5) is 11.8. The molecule has 128 valence electrons. The lowest BCUT2D eigenvalue weighted by atomic mass is 10.1. The number of ether oxygens (including phenoxy) is 3. The van der Waals surface area contributed by atoms with Crippen LogP contribution in [0.2, 0.25) is 0 Å². The van der Waals surface area contributed by atoms with E-state index >= 15 is 0 Å². The Morgan fingerprint density at radius 1 is 1.41 bits per heavy atom.